The SMILES string of the molecule is OC(CCS)C(O)c1cn[nH]c1-c1ccccc1. The number of aromatic nitrogens is 2. The van der Waals surface area contributed by atoms with Crippen LogP contribution in [0.25, 0.3) is 11.3 Å². The smallest absolute Gasteiger partial charge is 0.109 e. The van der Waals surface area contributed by atoms with Gasteiger partial charge in [0, 0.05) is 5.56 Å². The van der Waals surface area contributed by atoms with Gasteiger partial charge >= 0.3 is 0 Å². The first-order chi connectivity index (χ1) is 8.74. The number of H-pyrrole nitrogens is 1. The van der Waals surface area contributed by atoms with Crippen LogP contribution in [0.3, 0.4) is 0 Å². The van der Waals surface area contributed by atoms with Crippen LogP contribution in [0.15, 0.2) is 36.5 Å². The topological polar surface area (TPSA) is 69.1 Å². The molecule has 0 amide bonds. The molecular formula is C13H16N2O2S. The molecule has 4 nitrogen and oxygen atoms in total. The van der Waals surface area contributed by atoms with Crippen molar-refractivity contribution in [2.24, 2.45) is 0 Å². The summed E-state index contributed by atoms with van der Waals surface area (Å²) in [6, 6.07) is 9.60. The second-order valence-corrected chi connectivity index (χ2v) is 4.54. The molecule has 5 heteroatoms. The van der Waals surface area contributed by atoms with Gasteiger partial charge in [-0.3, -0.25) is 5.10 Å². The summed E-state index contributed by atoms with van der Waals surface area (Å²) in [5, 5.41) is 26.7. The Morgan fingerprint density at radius 3 is 2.61 bits per heavy atom. The van der Waals surface area contributed by atoms with Gasteiger partial charge < -0.3 is 10.2 Å². The number of nitrogens with one attached hydrogen (secondary N) is 1. The maximum Gasteiger partial charge on any atom is 0.109 e. The zero-order valence-corrected chi connectivity index (χ0v) is 10.7. The molecule has 96 valence electrons. The molecule has 18 heavy (non-hydrogen) atoms. The minimum atomic E-state index is -0.953. The number of hydrogen-bond acceptors (Lipinski definition) is 4. The maximum absolute atomic E-state index is 10.1. The number of aliphatic hydroxyl groups is 2. The molecule has 2 unspecified atom stereocenters. The van der Waals surface area contributed by atoms with E-state index in [0.717, 1.165) is 11.3 Å². The molecule has 1 aromatic carbocycles. The third-order valence-corrected chi connectivity index (χ3v) is 3.10. The summed E-state index contributed by atoms with van der Waals surface area (Å²) >= 11 is 4.05. The molecular weight excluding hydrogens is 248 g/mol. The molecule has 2 atom stereocenters. The van der Waals surface area contributed by atoms with Crippen LogP contribution in [0.5, 0.6) is 0 Å². The van der Waals surface area contributed by atoms with Crippen LogP contribution in [0.1, 0.15) is 18.1 Å². The molecule has 0 fully saturated rings. The van der Waals surface area contributed by atoms with Gasteiger partial charge in [0.1, 0.15) is 6.10 Å². The van der Waals surface area contributed by atoms with Crippen LogP contribution in [-0.4, -0.2) is 32.3 Å². The predicted octanol–water partition coefficient (Wildman–Crippen LogP) is 1.79. The van der Waals surface area contributed by atoms with Crippen molar-refractivity contribution >= 4 is 12.6 Å². The summed E-state index contributed by atoms with van der Waals surface area (Å²) in [4.78, 5) is 0. The monoisotopic (exact) mass is 264 g/mol. The lowest BCUT2D eigenvalue weighted by atomic mass is 10.00. The van der Waals surface area contributed by atoms with Gasteiger partial charge in [0.25, 0.3) is 0 Å². The van der Waals surface area contributed by atoms with Crippen molar-refractivity contribution in [1.29, 1.82) is 0 Å². The Morgan fingerprint density at radius 2 is 1.94 bits per heavy atom. The fraction of sp³-hybridized carbons (Fsp3) is 0.308. The Kier molecular flexibility index (Phi) is 4.41. The van der Waals surface area contributed by atoms with Gasteiger partial charge in [-0.2, -0.15) is 17.7 Å². The average Bonchev–Trinajstić information content (AvgIpc) is 2.88. The first-order valence-electron chi connectivity index (χ1n) is 5.79. The van der Waals surface area contributed by atoms with E-state index in [9.17, 15) is 10.2 Å². The Bertz CT molecular complexity index is 487. The second-order valence-electron chi connectivity index (χ2n) is 4.09. The van der Waals surface area contributed by atoms with Gasteiger partial charge in [-0.25, -0.2) is 0 Å². The number of hydrogen-bond donors (Lipinski definition) is 4. The molecule has 2 aromatic rings. The molecule has 0 spiro atoms. The first-order valence-corrected chi connectivity index (χ1v) is 6.43. The van der Waals surface area contributed by atoms with Gasteiger partial charge in [-0.05, 0) is 17.7 Å². The number of nitrogens with zero attached hydrogens (tertiary/aromatic N) is 1. The van der Waals surface area contributed by atoms with Crippen LogP contribution in [0.4, 0.5) is 0 Å². The predicted molar refractivity (Wildman–Crippen MR) is 73.5 cm³/mol. The molecule has 3 N–H and O–H groups in total. The highest BCUT2D eigenvalue weighted by atomic mass is 32.1. The number of rotatable bonds is 5. The van der Waals surface area contributed by atoms with Crippen molar-refractivity contribution in [3.8, 4) is 11.3 Å². The summed E-state index contributed by atoms with van der Waals surface area (Å²) in [5.74, 6) is 0.525. The van der Waals surface area contributed by atoms with E-state index >= 15 is 0 Å². The summed E-state index contributed by atoms with van der Waals surface area (Å²) in [6.45, 7) is 0. The molecule has 0 aliphatic rings. The van der Waals surface area contributed by atoms with Crippen LogP contribution in [-0.2, 0) is 0 Å². The Hall–Kier alpha value is -1.30. The largest absolute Gasteiger partial charge is 0.390 e. The van der Waals surface area contributed by atoms with Crippen LogP contribution < -0.4 is 0 Å². The van der Waals surface area contributed by atoms with E-state index in [-0.39, 0.29) is 0 Å². The van der Waals surface area contributed by atoms with Crippen LogP contribution in [0, 0.1) is 0 Å². The van der Waals surface area contributed by atoms with Crippen molar-refractivity contribution in [3.63, 3.8) is 0 Å². The molecule has 0 aliphatic heterocycles. The first kappa shape index (κ1) is 13.1. The van der Waals surface area contributed by atoms with E-state index in [4.69, 9.17) is 0 Å². The van der Waals surface area contributed by atoms with E-state index in [1.807, 2.05) is 30.3 Å². The summed E-state index contributed by atoms with van der Waals surface area (Å²) < 4.78 is 0. The van der Waals surface area contributed by atoms with Crippen molar-refractivity contribution in [1.82, 2.24) is 10.2 Å². The van der Waals surface area contributed by atoms with Crippen LogP contribution >= 0.6 is 12.6 Å². The third-order valence-electron chi connectivity index (χ3n) is 2.84. The van der Waals surface area contributed by atoms with Gasteiger partial charge in [-0.1, -0.05) is 30.3 Å². The van der Waals surface area contributed by atoms with E-state index < -0.39 is 12.2 Å². The Balaban J connectivity index is 2.28. The fourth-order valence-electron chi connectivity index (χ4n) is 1.85. The lowest BCUT2D eigenvalue weighted by Crippen LogP contribution is -2.18. The van der Waals surface area contributed by atoms with E-state index in [1.54, 1.807) is 6.20 Å². The number of aromatic amines is 1. The molecule has 1 aromatic heterocycles. The maximum atomic E-state index is 10.1. The van der Waals surface area contributed by atoms with E-state index in [1.165, 1.54) is 0 Å². The van der Waals surface area contributed by atoms with Gasteiger partial charge in [0.05, 0.1) is 18.0 Å². The third kappa shape index (κ3) is 2.75. The zero-order chi connectivity index (χ0) is 13.0. The molecule has 2 rings (SSSR count). The van der Waals surface area contributed by atoms with Crippen molar-refractivity contribution in [2.75, 3.05) is 5.75 Å². The minimum absolute atomic E-state index is 0.434. The standard InChI is InChI=1S/C13H16N2O2S/c16-11(6-7-18)13(17)10-8-14-15-12(10)9-4-2-1-3-5-9/h1-5,8,11,13,16-18H,6-7H2,(H,14,15). The molecule has 0 aliphatic carbocycles. The summed E-state index contributed by atoms with van der Waals surface area (Å²) in [6.07, 6.45) is 0.201. The highest BCUT2D eigenvalue weighted by Gasteiger charge is 2.22. The lowest BCUT2D eigenvalue weighted by molar-refractivity contribution is 0.0176. The summed E-state index contributed by atoms with van der Waals surface area (Å²) in [7, 11) is 0. The molecule has 0 bridgehead atoms. The quantitative estimate of drug-likeness (QED) is 0.622. The number of thiol groups is 1. The lowest BCUT2D eigenvalue weighted by Gasteiger charge is -2.17. The van der Waals surface area contributed by atoms with Crippen molar-refractivity contribution in [3.05, 3.63) is 42.1 Å². The van der Waals surface area contributed by atoms with E-state index in [0.29, 0.717) is 17.7 Å². The average molecular weight is 264 g/mol. The second kappa shape index (κ2) is 6.04. The number of aliphatic hydroxyl groups excluding tert-OH is 2. The van der Waals surface area contributed by atoms with Crippen molar-refractivity contribution < 1.29 is 10.2 Å². The Labute approximate surface area is 111 Å². The number of benzene rings is 1. The molecule has 0 saturated carbocycles. The summed E-state index contributed by atoms with van der Waals surface area (Å²) in [5.41, 5.74) is 2.28. The highest BCUT2D eigenvalue weighted by molar-refractivity contribution is 7.80. The Morgan fingerprint density at radius 1 is 1.22 bits per heavy atom. The zero-order valence-electron chi connectivity index (χ0n) is 9.82. The molecule has 0 saturated heterocycles. The van der Waals surface area contributed by atoms with Crippen molar-refractivity contribution in [2.45, 2.75) is 18.6 Å². The van der Waals surface area contributed by atoms with Crippen LogP contribution in [0.2, 0.25) is 0 Å². The minimum Gasteiger partial charge on any atom is -0.390 e. The van der Waals surface area contributed by atoms with Gasteiger partial charge in [-0.15, -0.1) is 0 Å². The van der Waals surface area contributed by atoms with Gasteiger partial charge in [0.2, 0.25) is 0 Å². The fourth-order valence-corrected chi connectivity index (χ4v) is 2.12. The van der Waals surface area contributed by atoms with E-state index in [2.05, 4.69) is 22.8 Å². The normalized spacial score (nSPS) is 14.4. The van der Waals surface area contributed by atoms with Gasteiger partial charge in [0.15, 0.2) is 0 Å². The molecule has 0 radical (unpaired) electrons. The molecule has 1 heterocycles. The highest BCUT2D eigenvalue weighted by Crippen LogP contribution is 2.28.